The van der Waals surface area contributed by atoms with E-state index in [1.54, 1.807) is 0 Å². The molecule has 2 N–H and O–H groups in total. The van der Waals surface area contributed by atoms with Gasteiger partial charge in [0.15, 0.2) is 5.82 Å². The Hall–Kier alpha value is -2.25. The molecule has 1 aromatic carbocycles. The van der Waals surface area contributed by atoms with Crippen LogP contribution < -0.4 is 5.32 Å². The molecule has 7 nitrogen and oxygen atoms in total. The Kier molecular flexibility index (Phi) is 5.46. The summed E-state index contributed by atoms with van der Waals surface area (Å²) in [5.41, 5.74) is 1.36. The van der Waals surface area contributed by atoms with E-state index < -0.39 is 0 Å². The predicted octanol–water partition coefficient (Wildman–Crippen LogP) is 2.62. The number of carbonyl (C=O) groups is 1. The molecule has 2 fully saturated rings. The summed E-state index contributed by atoms with van der Waals surface area (Å²) in [5.74, 6) is 0.491. The summed E-state index contributed by atoms with van der Waals surface area (Å²) < 4.78 is 6.44. The topological polar surface area (TPSA) is 83.1 Å². The molecule has 2 aromatic rings. The van der Waals surface area contributed by atoms with E-state index in [-0.39, 0.29) is 17.6 Å². The zero-order valence-corrected chi connectivity index (χ0v) is 16.6. The normalized spacial score (nSPS) is 22.0. The number of aromatic nitrogens is 3. The van der Waals surface area contributed by atoms with Gasteiger partial charge >= 0.3 is 0 Å². The lowest BCUT2D eigenvalue weighted by Crippen LogP contribution is -2.47. The van der Waals surface area contributed by atoms with Crippen molar-refractivity contribution in [2.45, 2.75) is 57.3 Å². The fraction of sp³-hybridized carbons (Fsp3) is 0.571. The van der Waals surface area contributed by atoms with E-state index in [9.17, 15) is 4.79 Å². The minimum Gasteiger partial charge on any atom is -0.370 e. The van der Waals surface area contributed by atoms with Gasteiger partial charge in [-0.05, 0) is 45.6 Å². The van der Waals surface area contributed by atoms with Crippen molar-refractivity contribution in [3.05, 3.63) is 36.2 Å². The molecule has 28 heavy (non-hydrogen) atoms. The van der Waals surface area contributed by atoms with Crippen LogP contribution in [0.4, 0.5) is 0 Å². The van der Waals surface area contributed by atoms with E-state index in [1.807, 2.05) is 24.3 Å². The molecule has 150 valence electrons. The van der Waals surface area contributed by atoms with Crippen LogP contribution in [0.15, 0.2) is 30.6 Å². The Labute approximate surface area is 165 Å². The highest BCUT2D eigenvalue weighted by Crippen LogP contribution is 2.39. The van der Waals surface area contributed by atoms with E-state index in [2.05, 4.69) is 39.2 Å². The lowest BCUT2D eigenvalue weighted by molar-refractivity contribution is -0.0788. The maximum atomic E-state index is 12.8. The molecule has 4 rings (SSSR count). The fourth-order valence-corrected chi connectivity index (χ4v) is 4.38. The molecule has 1 spiro atoms. The summed E-state index contributed by atoms with van der Waals surface area (Å²) in [5, 5.41) is 9.76. The lowest BCUT2D eigenvalue weighted by Gasteiger charge is -2.40. The van der Waals surface area contributed by atoms with Crippen LogP contribution in [-0.2, 0) is 4.74 Å². The van der Waals surface area contributed by atoms with Gasteiger partial charge in [0.1, 0.15) is 6.33 Å². The second-order valence-electron chi connectivity index (χ2n) is 8.18. The Bertz CT molecular complexity index is 797. The number of hydrogen-bond donors (Lipinski definition) is 2. The second kappa shape index (κ2) is 8.01. The highest BCUT2D eigenvalue weighted by molar-refractivity contribution is 6.00. The summed E-state index contributed by atoms with van der Waals surface area (Å²) in [6.07, 6.45) is 5.81. The number of rotatable bonds is 5. The van der Waals surface area contributed by atoms with Gasteiger partial charge in [0.2, 0.25) is 0 Å². The number of likely N-dealkylation sites (tertiary alicyclic amines) is 1. The maximum Gasteiger partial charge on any atom is 0.252 e. The van der Waals surface area contributed by atoms with Gasteiger partial charge in [0.05, 0.1) is 17.3 Å². The summed E-state index contributed by atoms with van der Waals surface area (Å²) in [6.45, 7) is 7.24. The molecule has 3 heterocycles. The molecular formula is C21H29N5O2. The van der Waals surface area contributed by atoms with Gasteiger partial charge < -0.3 is 15.0 Å². The number of carbonyl (C=O) groups excluding carboxylic acids is 1. The molecule has 0 radical (unpaired) electrons. The Morgan fingerprint density at radius 1 is 1.32 bits per heavy atom. The summed E-state index contributed by atoms with van der Waals surface area (Å²) in [7, 11) is 0. The summed E-state index contributed by atoms with van der Waals surface area (Å²) >= 11 is 0. The first-order valence-electron chi connectivity index (χ1n) is 10.2. The number of aromatic amines is 1. The van der Waals surface area contributed by atoms with Crippen LogP contribution in [0.1, 0.15) is 49.9 Å². The van der Waals surface area contributed by atoms with Crippen LogP contribution in [0, 0.1) is 0 Å². The zero-order chi connectivity index (χ0) is 19.6. The molecule has 2 aliphatic rings. The third-order valence-corrected chi connectivity index (χ3v) is 6.11. The molecule has 1 aromatic heterocycles. The van der Waals surface area contributed by atoms with Crippen LogP contribution in [0.2, 0.25) is 0 Å². The number of amides is 1. The number of hydrogen-bond acceptors (Lipinski definition) is 5. The van der Waals surface area contributed by atoms with Gasteiger partial charge in [-0.2, -0.15) is 5.10 Å². The van der Waals surface area contributed by atoms with Gasteiger partial charge in [-0.3, -0.25) is 9.89 Å². The molecule has 7 heteroatoms. The summed E-state index contributed by atoms with van der Waals surface area (Å²) in [6, 6.07) is 8.03. The van der Waals surface area contributed by atoms with Gasteiger partial charge in [0.25, 0.3) is 5.91 Å². The number of H-pyrrole nitrogens is 1. The van der Waals surface area contributed by atoms with E-state index in [4.69, 9.17) is 4.74 Å². The van der Waals surface area contributed by atoms with Crippen LogP contribution in [0.25, 0.3) is 11.4 Å². The zero-order valence-electron chi connectivity index (χ0n) is 16.6. The molecule has 1 amide bonds. The van der Waals surface area contributed by atoms with Crippen molar-refractivity contribution in [3.63, 3.8) is 0 Å². The number of benzene rings is 1. The van der Waals surface area contributed by atoms with Crippen LogP contribution in [-0.4, -0.2) is 63.4 Å². The minimum absolute atomic E-state index is 0.0124. The second-order valence-corrected chi connectivity index (χ2v) is 8.18. The van der Waals surface area contributed by atoms with E-state index in [0.717, 1.165) is 44.3 Å². The Morgan fingerprint density at radius 2 is 2.11 bits per heavy atom. The van der Waals surface area contributed by atoms with Gasteiger partial charge in [0, 0.05) is 31.2 Å². The molecule has 2 saturated heterocycles. The molecular weight excluding hydrogens is 354 g/mol. The highest BCUT2D eigenvalue weighted by atomic mass is 16.5. The van der Waals surface area contributed by atoms with Crippen molar-refractivity contribution in [3.8, 4) is 11.4 Å². The molecule has 1 atom stereocenters. The standard InChI is InChI=1S/C21H29N5O2/c1-15(2)26-11-9-21(10-12-26)8-7-16(28-21)13-22-20(27)18-6-4-3-5-17(18)19-23-14-24-25-19/h3-6,14-16H,7-13H2,1-2H3,(H,22,27)(H,23,24,25)/t16-/m1/s1. The minimum atomic E-state index is -0.105. The monoisotopic (exact) mass is 383 g/mol. The maximum absolute atomic E-state index is 12.8. The fourth-order valence-electron chi connectivity index (χ4n) is 4.38. The Morgan fingerprint density at radius 3 is 2.82 bits per heavy atom. The number of ether oxygens (including phenoxy) is 1. The van der Waals surface area contributed by atoms with E-state index in [1.165, 1.54) is 6.33 Å². The largest absolute Gasteiger partial charge is 0.370 e. The highest BCUT2D eigenvalue weighted by Gasteiger charge is 2.42. The molecule has 0 unspecified atom stereocenters. The summed E-state index contributed by atoms with van der Waals surface area (Å²) in [4.78, 5) is 19.5. The molecule has 0 saturated carbocycles. The van der Waals surface area contributed by atoms with Crippen LogP contribution in [0.5, 0.6) is 0 Å². The predicted molar refractivity (Wildman–Crippen MR) is 107 cm³/mol. The third kappa shape index (κ3) is 3.95. The van der Waals surface area contributed by atoms with Crippen molar-refractivity contribution in [1.82, 2.24) is 25.4 Å². The van der Waals surface area contributed by atoms with Crippen LogP contribution in [0.3, 0.4) is 0 Å². The number of nitrogens with zero attached hydrogens (tertiary/aromatic N) is 3. The van der Waals surface area contributed by atoms with Crippen LogP contribution >= 0.6 is 0 Å². The van der Waals surface area contributed by atoms with Crippen molar-refractivity contribution in [1.29, 1.82) is 0 Å². The van der Waals surface area contributed by atoms with Gasteiger partial charge in [-0.15, -0.1) is 0 Å². The average Bonchev–Trinajstić information content (AvgIpc) is 3.37. The molecule has 0 aliphatic carbocycles. The van der Waals surface area contributed by atoms with Gasteiger partial charge in [-0.25, -0.2) is 4.98 Å². The van der Waals surface area contributed by atoms with Crippen molar-refractivity contribution >= 4 is 5.91 Å². The van der Waals surface area contributed by atoms with E-state index in [0.29, 0.717) is 24.0 Å². The first kappa shape index (κ1) is 19.1. The van der Waals surface area contributed by atoms with Crippen molar-refractivity contribution < 1.29 is 9.53 Å². The third-order valence-electron chi connectivity index (χ3n) is 6.11. The Balaban J connectivity index is 1.33. The molecule has 0 bridgehead atoms. The first-order chi connectivity index (χ1) is 13.6. The number of nitrogens with one attached hydrogen (secondary N) is 2. The smallest absolute Gasteiger partial charge is 0.252 e. The van der Waals surface area contributed by atoms with Gasteiger partial charge in [-0.1, -0.05) is 18.2 Å². The quantitative estimate of drug-likeness (QED) is 0.829. The van der Waals surface area contributed by atoms with Crippen molar-refractivity contribution in [2.24, 2.45) is 0 Å². The number of piperidine rings is 1. The molecule has 2 aliphatic heterocycles. The SMILES string of the molecule is CC(C)N1CCC2(CC[C@H](CNC(=O)c3ccccc3-c3ncn[nH]3)O2)CC1. The van der Waals surface area contributed by atoms with E-state index >= 15 is 0 Å². The lowest BCUT2D eigenvalue weighted by atomic mass is 9.88. The van der Waals surface area contributed by atoms with Crippen molar-refractivity contribution in [2.75, 3.05) is 19.6 Å². The first-order valence-corrected chi connectivity index (χ1v) is 10.2. The average molecular weight is 383 g/mol.